The topological polar surface area (TPSA) is 125 Å². The van der Waals surface area contributed by atoms with E-state index in [1.807, 2.05) is 0 Å². The van der Waals surface area contributed by atoms with Crippen molar-refractivity contribution in [2.75, 3.05) is 12.3 Å². The van der Waals surface area contributed by atoms with Gasteiger partial charge in [0, 0.05) is 23.8 Å². The maximum Gasteiger partial charge on any atom is 0.341 e. The number of carboxylic acid groups (broad SMARTS) is 1. The monoisotopic (exact) mass is 409 g/mol. The number of nitrogens with zero attached hydrogens (tertiary/aromatic N) is 4. The standard InChI is InChI=1S/C20H16FN5O4/c21-13-2-3-14-12(8-13)9-17(20(22)25-14)29-10-15-16(26-7-1-6-23-26)4-5-18(24-15)30-11-19(27)28/h1-9H,10-11H2,(H2,22,25)(H,27,28). The van der Waals surface area contributed by atoms with Gasteiger partial charge in [0.05, 0.1) is 11.2 Å². The first kappa shape index (κ1) is 19.1. The molecular formula is C20H16FN5O4. The maximum atomic E-state index is 13.5. The number of nitrogen functional groups attached to an aromatic ring is 1. The van der Waals surface area contributed by atoms with Crippen LogP contribution in [0, 0.1) is 5.82 Å². The van der Waals surface area contributed by atoms with Gasteiger partial charge in [-0.2, -0.15) is 5.10 Å². The van der Waals surface area contributed by atoms with Gasteiger partial charge in [-0.3, -0.25) is 0 Å². The average molecular weight is 409 g/mol. The smallest absolute Gasteiger partial charge is 0.341 e. The summed E-state index contributed by atoms with van der Waals surface area (Å²) >= 11 is 0. The fourth-order valence-corrected chi connectivity index (χ4v) is 2.82. The van der Waals surface area contributed by atoms with Crippen molar-refractivity contribution in [1.82, 2.24) is 19.7 Å². The minimum absolute atomic E-state index is 0.0355. The van der Waals surface area contributed by atoms with Gasteiger partial charge in [0.2, 0.25) is 5.88 Å². The third-order valence-corrected chi connectivity index (χ3v) is 4.15. The number of rotatable bonds is 7. The van der Waals surface area contributed by atoms with E-state index in [1.54, 1.807) is 35.3 Å². The zero-order chi connectivity index (χ0) is 21.1. The summed E-state index contributed by atoms with van der Waals surface area (Å²) in [6, 6.07) is 10.7. The van der Waals surface area contributed by atoms with Crippen LogP contribution in [0.3, 0.4) is 0 Å². The fourth-order valence-electron chi connectivity index (χ4n) is 2.82. The highest BCUT2D eigenvalue weighted by Gasteiger charge is 2.13. The van der Waals surface area contributed by atoms with Crippen molar-refractivity contribution in [1.29, 1.82) is 0 Å². The maximum absolute atomic E-state index is 13.5. The highest BCUT2D eigenvalue weighted by atomic mass is 19.1. The lowest BCUT2D eigenvalue weighted by molar-refractivity contribution is -0.139. The fraction of sp³-hybridized carbons (Fsp3) is 0.100. The second-order valence-electron chi connectivity index (χ2n) is 6.25. The second kappa shape index (κ2) is 8.03. The molecule has 9 nitrogen and oxygen atoms in total. The zero-order valence-electron chi connectivity index (χ0n) is 15.5. The molecule has 0 aliphatic carbocycles. The molecular weight excluding hydrogens is 393 g/mol. The number of nitrogens with two attached hydrogens (primary N) is 1. The Labute approximate surface area is 169 Å². The van der Waals surface area contributed by atoms with Crippen molar-refractivity contribution < 1.29 is 23.8 Å². The van der Waals surface area contributed by atoms with Crippen molar-refractivity contribution in [2.24, 2.45) is 0 Å². The molecule has 0 aliphatic rings. The zero-order valence-corrected chi connectivity index (χ0v) is 15.5. The summed E-state index contributed by atoms with van der Waals surface area (Å²) in [5, 5.41) is 13.5. The van der Waals surface area contributed by atoms with E-state index in [0.717, 1.165) is 0 Å². The van der Waals surface area contributed by atoms with Gasteiger partial charge in [0.25, 0.3) is 0 Å². The minimum Gasteiger partial charge on any atom is -0.483 e. The number of hydrogen-bond donors (Lipinski definition) is 2. The van der Waals surface area contributed by atoms with E-state index >= 15 is 0 Å². The summed E-state index contributed by atoms with van der Waals surface area (Å²) in [4.78, 5) is 19.3. The normalized spacial score (nSPS) is 10.8. The Hall–Kier alpha value is -4.21. The van der Waals surface area contributed by atoms with E-state index in [4.69, 9.17) is 20.3 Å². The molecule has 0 saturated carbocycles. The molecule has 10 heteroatoms. The Balaban J connectivity index is 1.64. The number of aliphatic carboxylic acids is 1. The van der Waals surface area contributed by atoms with Crippen LogP contribution in [0.4, 0.5) is 10.2 Å². The van der Waals surface area contributed by atoms with Gasteiger partial charge in [-0.1, -0.05) is 0 Å². The van der Waals surface area contributed by atoms with Crippen LogP contribution in [0.2, 0.25) is 0 Å². The lowest BCUT2D eigenvalue weighted by Gasteiger charge is -2.13. The molecule has 0 atom stereocenters. The van der Waals surface area contributed by atoms with Crippen molar-refractivity contribution in [2.45, 2.75) is 6.61 Å². The molecule has 3 heterocycles. The molecule has 0 unspecified atom stereocenters. The molecule has 0 fully saturated rings. The minimum atomic E-state index is -1.12. The predicted molar refractivity (Wildman–Crippen MR) is 105 cm³/mol. The van der Waals surface area contributed by atoms with Gasteiger partial charge >= 0.3 is 5.97 Å². The summed E-state index contributed by atoms with van der Waals surface area (Å²) in [7, 11) is 0. The van der Waals surface area contributed by atoms with Crippen molar-refractivity contribution in [3.63, 3.8) is 0 Å². The lowest BCUT2D eigenvalue weighted by Crippen LogP contribution is -2.12. The Morgan fingerprint density at radius 1 is 1.17 bits per heavy atom. The quantitative estimate of drug-likeness (QED) is 0.477. The lowest BCUT2D eigenvalue weighted by atomic mass is 10.2. The summed E-state index contributed by atoms with van der Waals surface area (Å²) in [6.45, 7) is -0.562. The van der Waals surface area contributed by atoms with Crippen LogP contribution in [0.1, 0.15) is 5.69 Å². The Morgan fingerprint density at radius 2 is 2.03 bits per heavy atom. The van der Waals surface area contributed by atoms with E-state index in [0.29, 0.717) is 22.3 Å². The number of benzene rings is 1. The van der Waals surface area contributed by atoms with Gasteiger partial charge in [-0.05, 0) is 36.4 Å². The number of carboxylic acids is 1. The van der Waals surface area contributed by atoms with Gasteiger partial charge in [-0.25, -0.2) is 23.8 Å². The number of fused-ring (bicyclic) bond motifs is 1. The number of anilines is 1. The largest absolute Gasteiger partial charge is 0.483 e. The number of halogens is 1. The summed E-state index contributed by atoms with van der Waals surface area (Å²) in [5.41, 5.74) is 7.56. The van der Waals surface area contributed by atoms with Crippen LogP contribution in [-0.2, 0) is 11.4 Å². The molecule has 4 rings (SSSR count). The number of aromatic nitrogens is 4. The summed E-state index contributed by atoms with van der Waals surface area (Å²) in [5.74, 6) is -0.983. The molecule has 0 saturated heterocycles. The molecule has 0 radical (unpaired) electrons. The molecule has 0 amide bonds. The number of hydrogen-bond acceptors (Lipinski definition) is 7. The van der Waals surface area contributed by atoms with E-state index in [-0.39, 0.29) is 24.1 Å². The third kappa shape index (κ3) is 4.12. The van der Waals surface area contributed by atoms with Gasteiger partial charge in [0.1, 0.15) is 18.1 Å². The van der Waals surface area contributed by atoms with Crippen molar-refractivity contribution in [3.8, 4) is 17.3 Å². The number of carbonyl (C=O) groups is 1. The predicted octanol–water partition coefficient (Wildman–Crippen LogP) is 2.58. The summed E-state index contributed by atoms with van der Waals surface area (Å²) < 4.78 is 26.1. The highest BCUT2D eigenvalue weighted by molar-refractivity contribution is 5.82. The van der Waals surface area contributed by atoms with Gasteiger partial charge in [0.15, 0.2) is 18.2 Å². The Morgan fingerprint density at radius 3 is 2.80 bits per heavy atom. The molecule has 0 aliphatic heterocycles. The van der Waals surface area contributed by atoms with Gasteiger partial charge in [-0.15, -0.1) is 0 Å². The molecule has 3 aromatic heterocycles. The first-order valence-corrected chi connectivity index (χ1v) is 8.83. The van der Waals surface area contributed by atoms with Crippen molar-refractivity contribution in [3.05, 3.63) is 66.4 Å². The van der Waals surface area contributed by atoms with Crippen LogP contribution < -0.4 is 15.2 Å². The summed E-state index contributed by atoms with van der Waals surface area (Å²) in [6.07, 6.45) is 3.34. The molecule has 4 aromatic rings. The molecule has 0 bridgehead atoms. The first-order chi connectivity index (χ1) is 14.5. The van der Waals surface area contributed by atoms with E-state index in [1.165, 1.54) is 24.3 Å². The third-order valence-electron chi connectivity index (χ3n) is 4.15. The van der Waals surface area contributed by atoms with Crippen molar-refractivity contribution >= 4 is 22.7 Å². The molecule has 3 N–H and O–H groups in total. The number of pyridine rings is 2. The molecule has 30 heavy (non-hydrogen) atoms. The highest BCUT2D eigenvalue weighted by Crippen LogP contribution is 2.27. The van der Waals surface area contributed by atoms with Crippen LogP contribution in [0.15, 0.2) is 54.9 Å². The Bertz CT molecular complexity index is 1210. The molecule has 1 aromatic carbocycles. The van der Waals surface area contributed by atoms with Crippen LogP contribution in [-0.4, -0.2) is 37.4 Å². The molecule has 152 valence electrons. The SMILES string of the molecule is Nc1nc2ccc(F)cc2cc1OCc1nc(OCC(=O)O)ccc1-n1cccn1. The first-order valence-electron chi connectivity index (χ1n) is 8.83. The van der Waals surface area contributed by atoms with Gasteiger partial charge < -0.3 is 20.3 Å². The van der Waals surface area contributed by atoms with E-state index < -0.39 is 18.4 Å². The van der Waals surface area contributed by atoms with Crippen LogP contribution in [0.5, 0.6) is 11.6 Å². The average Bonchev–Trinajstić information content (AvgIpc) is 3.25. The Kier molecular flexibility index (Phi) is 5.12. The second-order valence-corrected chi connectivity index (χ2v) is 6.25. The number of ether oxygens (including phenoxy) is 2. The van der Waals surface area contributed by atoms with E-state index in [9.17, 15) is 9.18 Å². The van der Waals surface area contributed by atoms with E-state index in [2.05, 4.69) is 15.1 Å². The van der Waals surface area contributed by atoms with Crippen LogP contribution >= 0.6 is 0 Å². The molecule has 0 spiro atoms. The van der Waals surface area contributed by atoms with Crippen LogP contribution in [0.25, 0.3) is 16.6 Å².